The molecule has 26 heavy (non-hydrogen) atoms. The number of aromatic nitrogens is 1. The van der Waals surface area contributed by atoms with E-state index < -0.39 is 0 Å². The first-order valence-electron chi connectivity index (χ1n) is 8.44. The number of nitriles is 1. The highest BCUT2D eigenvalue weighted by Gasteiger charge is 2.14. The van der Waals surface area contributed by atoms with E-state index in [2.05, 4.69) is 27.4 Å². The molecule has 0 atom stereocenters. The van der Waals surface area contributed by atoms with Crippen LogP contribution in [-0.2, 0) is 6.54 Å². The second-order valence-electron chi connectivity index (χ2n) is 6.39. The molecule has 0 radical (unpaired) electrons. The molecule has 1 fully saturated rings. The number of pyridine rings is 1. The topological polar surface area (TPSA) is 117 Å². The fraction of sp³-hybridized carbons (Fsp3) is 0.333. The van der Waals surface area contributed by atoms with Crippen molar-refractivity contribution in [3.8, 4) is 6.07 Å². The monoisotopic (exact) mass is 350 g/mol. The Kier molecular flexibility index (Phi) is 5.41. The van der Waals surface area contributed by atoms with E-state index in [1.54, 1.807) is 6.07 Å². The lowest BCUT2D eigenvalue weighted by Crippen LogP contribution is -2.43. The molecule has 8 heteroatoms. The standard InChI is InChI=1S/C18H22N8/c1-25-6-8-26(9-7-25)12-15-3-2-13-10-14(4-5-16(13)22-15)23-24-17(11-19)18(20)21/h2-5,10,23H,6-9,12H2,1H3,(H3,20,21)/b24-17+. The summed E-state index contributed by atoms with van der Waals surface area (Å²) < 4.78 is 0. The van der Waals surface area contributed by atoms with Crippen molar-refractivity contribution in [3.05, 3.63) is 36.0 Å². The van der Waals surface area contributed by atoms with Gasteiger partial charge in [0, 0.05) is 38.1 Å². The lowest BCUT2D eigenvalue weighted by atomic mass is 10.1. The van der Waals surface area contributed by atoms with Gasteiger partial charge in [0.1, 0.15) is 6.07 Å². The number of amidine groups is 1. The van der Waals surface area contributed by atoms with Crippen LogP contribution >= 0.6 is 0 Å². The zero-order chi connectivity index (χ0) is 18.5. The summed E-state index contributed by atoms with van der Waals surface area (Å²) in [6.07, 6.45) is 0. The van der Waals surface area contributed by atoms with Crippen LogP contribution in [0.1, 0.15) is 5.69 Å². The van der Waals surface area contributed by atoms with Gasteiger partial charge in [-0.2, -0.15) is 10.4 Å². The summed E-state index contributed by atoms with van der Waals surface area (Å²) in [5, 5.41) is 20.9. The van der Waals surface area contributed by atoms with Crippen LogP contribution in [0.15, 0.2) is 35.4 Å². The van der Waals surface area contributed by atoms with E-state index in [9.17, 15) is 0 Å². The summed E-state index contributed by atoms with van der Waals surface area (Å²) in [6, 6.07) is 11.5. The van der Waals surface area contributed by atoms with Gasteiger partial charge < -0.3 is 10.6 Å². The van der Waals surface area contributed by atoms with Crippen molar-refractivity contribution in [2.75, 3.05) is 38.7 Å². The van der Waals surface area contributed by atoms with Crippen molar-refractivity contribution in [3.63, 3.8) is 0 Å². The first-order valence-corrected chi connectivity index (χ1v) is 8.44. The maximum Gasteiger partial charge on any atom is 0.201 e. The fourth-order valence-corrected chi connectivity index (χ4v) is 2.83. The number of rotatable bonds is 5. The van der Waals surface area contributed by atoms with E-state index in [1.165, 1.54) is 0 Å². The number of hydrogen-bond acceptors (Lipinski definition) is 7. The number of hydrazone groups is 1. The lowest BCUT2D eigenvalue weighted by Gasteiger charge is -2.32. The molecule has 0 unspecified atom stereocenters. The number of piperazine rings is 1. The molecule has 0 spiro atoms. The Morgan fingerprint density at radius 1 is 1.31 bits per heavy atom. The van der Waals surface area contributed by atoms with Crippen LogP contribution in [0.4, 0.5) is 5.69 Å². The normalized spacial score (nSPS) is 16.4. The quantitative estimate of drug-likeness (QED) is 0.424. The third-order valence-corrected chi connectivity index (χ3v) is 4.39. The maximum atomic E-state index is 8.87. The predicted octanol–water partition coefficient (Wildman–Crippen LogP) is 1.21. The summed E-state index contributed by atoms with van der Waals surface area (Å²) in [5.41, 5.74) is 10.6. The van der Waals surface area contributed by atoms with Crippen molar-refractivity contribution >= 4 is 28.1 Å². The zero-order valence-electron chi connectivity index (χ0n) is 14.7. The highest BCUT2D eigenvalue weighted by atomic mass is 15.3. The van der Waals surface area contributed by atoms with Crippen LogP contribution in [-0.4, -0.2) is 59.6 Å². The largest absolute Gasteiger partial charge is 0.382 e. The minimum Gasteiger partial charge on any atom is -0.382 e. The number of benzene rings is 1. The number of hydrogen-bond donors (Lipinski definition) is 3. The van der Waals surface area contributed by atoms with Crippen molar-refractivity contribution in [2.24, 2.45) is 10.8 Å². The van der Waals surface area contributed by atoms with Gasteiger partial charge in [-0.1, -0.05) is 6.07 Å². The Morgan fingerprint density at radius 2 is 2.08 bits per heavy atom. The molecule has 1 aromatic carbocycles. The van der Waals surface area contributed by atoms with Gasteiger partial charge >= 0.3 is 0 Å². The molecule has 0 aliphatic carbocycles. The van der Waals surface area contributed by atoms with Crippen molar-refractivity contribution in [1.82, 2.24) is 14.8 Å². The molecule has 0 saturated carbocycles. The maximum absolute atomic E-state index is 8.87. The van der Waals surface area contributed by atoms with Gasteiger partial charge in [-0.05, 0) is 31.3 Å². The van der Waals surface area contributed by atoms with Gasteiger partial charge in [-0.25, -0.2) is 0 Å². The number of fused-ring (bicyclic) bond motifs is 1. The summed E-state index contributed by atoms with van der Waals surface area (Å²) in [5.74, 6) is -0.365. The molecule has 1 aliphatic rings. The first kappa shape index (κ1) is 17.8. The fourth-order valence-electron chi connectivity index (χ4n) is 2.83. The van der Waals surface area contributed by atoms with Crippen LogP contribution in [0.2, 0.25) is 0 Å². The minimum absolute atomic E-state index is 0.147. The first-order chi connectivity index (χ1) is 12.5. The highest BCUT2D eigenvalue weighted by Crippen LogP contribution is 2.19. The Morgan fingerprint density at radius 3 is 2.77 bits per heavy atom. The third-order valence-electron chi connectivity index (χ3n) is 4.39. The molecular weight excluding hydrogens is 328 g/mol. The molecule has 2 aromatic rings. The number of nitrogens with two attached hydrogens (primary N) is 1. The van der Waals surface area contributed by atoms with Crippen LogP contribution in [0.3, 0.4) is 0 Å². The van der Waals surface area contributed by atoms with E-state index in [-0.39, 0.29) is 11.5 Å². The van der Waals surface area contributed by atoms with Gasteiger partial charge in [0.05, 0.1) is 16.9 Å². The number of nitrogens with one attached hydrogen (secondary N) is 2. The SMILES string of the molecule is CN1CCN(Cc2ccc3cc(N/N=C(\C#N)C(=N)N)ccc3n2)CC1. The predicted molar refractivity (Wildman–Crippen MR) is 103 cm³/mol. The lowest BCUT2D eigenvalue weighted by molar-refractivity contribution is 0.147. The molecule has 0 bridgehead atoms. The van der Waals surface area contributed by atoms with Crippen molar-refractivity contribution < 1.29 is 0 Å². The summed E-state index contributed by atoms with van der Waals surface area (Å²) in [6.45, 7) is 5.17. The van der Waals surface area contributed by atoms with Crippen LogP contribution in [0.25, 0.3) is 10.9 Å². The Labute approximate surface area is 152 Å². The Balaban J connectivity index is 1.71. The van der Waals surface area contributed by atoms with Crippen molar-refractivity contribution in [2.45, 2.75) is 6.54 Å². The average Bonchev–Trinajstić information content (AvgIpc) is 2.64. The zero-order valence-corrected chi connectivity index (χ0v) is 14.7. The molecule has 4 N–H and O–H groups in total. The molecule has 3 rings (SSSR count). The molecular formula is C18H22N8. The molecule has 2 heterocycles. The minimum atomic E-state index is -0.365. The molecule has 8 nitrogen and oxygen atoms in total. The molecule has 0 amide bonds. The number of anilines is 1. The van der Waals surface area contributed by atoms with E-state index in [1.807, 2.05) is 30.3 Å². The van der Waals surface area contributed by atoms with Gasteiger partial charge in [0.25, 0.3) is 0 Å². The molecule has 1 aromatic heterocycles. The molecule has 1 aliphatic heterocycles. The van der Waals surface area contributed by atoms with Gasteiger partial charge in [0.2, 0.25) is 5.71 Å². The summed E-state index contributed by atoms with van der Waals surface area (Å²) in [4.78, 5) is 9.50. The van der Waals surface area contributed by atoms with E-state index in [0.29, 0.717) is 5.69 Å². The van der Waals surface area contributed by atoms with Crippen LogP contribution < -0.4 is 11.2 Å². The molecule has 1 saturated heterocycles. The Hall–Kier alpha value is -3.02. The van der Waals surface area contributed by atoms with Crippen molar-refractivity contribution in [1.29, 1.82) is 10.7 Å². The van der Waals surface area contributed by atoms with E-state index in [4.69, 9.17) is 21.4 Å². The van der Waals surface area contributed by atoms with Crippen LogP contribution in [0, 0.1) is 16.7 Å². The smallest absolute Gasteiger partial charge is 0.201 e. The Bertz CT molecular complexity index is 874. The van der Waals surface area contributed by atoms with Gasteiger partial charge in [-0.3, -0.25) is 20.7 Å². The third kappa shape index (κ3) is 4.33. The summed E-state index contributed by atoms with van der Waals surface area (Å²) >= 11 is 0. The van der Waals surface area contributed by atoms with Gasteiger partial charge in [-0.15, -0.1) is 0 Å². The molecule has 134 valence electrons. The van der Waals surface area contributed by atoms with Gasteiger partial charge in [0.15, 0.2) is 5.84 Å². The highest BCUT2D eigenvalue weighted by molar-refractivity contribution is 6.45. The average molecular weight is 350 g/mol. The number of likely N-dealkylation sites (N-methyl/N-ethyl adjacent to an activating group) is 1. The second kappa shape index (κ2) is 7.91. The number of nitrogens with zero attached hydrogens (tertiary/aromatic N) is 5. The van der Waals surface area contributed by atoms with Crippen LogP contribution in [0.5, 0.6) is 0 Å². The summed E-state index contributed by atoms with van der Waals surface area (Å²) in [7, 11) is 2.15. The van der Waals surface area contributed by atoms with E-state index in [0.717, 1.165) is 49.3 Å². The van der Waals surface area contributed by atoms with E-state index >= 15 is 0 Å². The second-order valence-corrected chi connectivity index (χ2v) is 6.39.